The fraction of sp³-hybridized carbons (Fsp3) is 0.364. The zero-order valence-corrected chi connectivity index (χ0v) is 17.1. The Morgan fingerprint density at radius 2 is 1.79 bits per heavy atom. The van der Waals surface area contributed by atoms with Gasteiger partial charge in [0.25, 0.3) is 5.56 Å². The number of aryl methyl sites for hydroxylation is 1. The maximum atomic E-state index is 13.0. The van der Waals surface area contributed by atoms with E-state index in [1.165, 1.54) is 0 Å². The molecule has 1 heterocycles. The van der Waals surface area contributed by atoms with Gasteiger partial charge in [0.2, 0.25) is 5.91 Å². The maximum absolute atomic E-state index is 13.0. The molecular weight excluding hydrogens is 354 g/mol. The van der Waals surface area contributed by atoms with Gasteiger partial charge in [0.1, 0.15) is 12.3 Å². The van der Waals surface area contributed by atoms with Gasteiger partial charge in [-0.2, -0.15) is 0 Å². The lowest BCUT2D eigenvalue weighted by molar-refractivity contribution is -0.117. The molecule has 1 amide bonds. The molecule has 2 aromatic carbocycles. The van der Waals surface area contributed by atoms with Crippen LogP contribution in [0.25, 0.3) is 10.9 Å². The molecule has 3 aromatic rings. The zero-order valence-electron chi connectivity index (χ0n) is 17.1. The Bertz CT molecular complexity index is 1050. The number of nitrogens with zero attached hydrogens (tertiary/aromatic N) is 2. The zero-order chi connectivity index (χ0) is 20.5. The van der Waals surface area contributed by atoms with E-state index in [1.54, 1.807) is 21.5 Å². The topological polar surface area (TPSA) is 65.3 Å². The van der Waals surface area contributed by atoms with E-state index < -0.39 is 5.54 Å². The Labute approximate surface area is 164 Å². The third kappa shape index (κ3) is 3.96. The third-order valence-corrected chi connectivity index (χ3v) is 4.47. The van der Waals surface area contributed by atoms with Crippen LogP contribution in [0.4, 0.5) is 5.69 Å². The fourth-order valence-electron chi connectivity index (χ4n) is 3.34. The highest BCUT2D eigenvalue weighted by molar-refractivity contribution is 5.91. The summed E-state index contributed by atoms with van der Waals surface area (Å²) in [6.07, 6.45) is 0. The second-order valence-electron chi connectivity index (χ2n) is 7.87. The van der Waals surface area contributed by atoms with Crippen LogP contribution in [-0.4, -0.2) is 21.9 Å². The number of carbonyl (C=O) groups is 1. The molecule has 0 atom stereocenters. The first-order valence-electron chi connectivity index (χ1n) is 9.46. The van der Waals surface area contributed by atoms with E-state index in [-0.39, 0.29) is 18.0 Å². The predicted octanol–water partition coefficient (Wildman–Crippen LogP) is 3.90. The quantitative estimate of drug-likeness (QED) is 0.729. The fourth-order valence-corrected chi connectivity index (χ4v) is 3.34. The van der Waals surface area contributed by atoms with Gasteiger partial charge >= 0.3 is 0 Å². The molecule has 1 N–H and O–H groups in total. The molecule has 3 rings (SSSR count). The van der Waals surface area contributed by atoms with Gasteiger partial charge in [-0.05, 0) is 71.0 Å². The van der Waals surface area contributed by atoms with Crippen LogP contribution >= 0.6 is 0 Å². The van der Waals surface area contributed by atoms with Crippen LogP contribution in [0.15, 0.2) is 47.3 Å². The second kappa shape index (κ2) is 7.54. The smallest absolute Gasteiger partial charge is 0.275 e. The summed E-state index contributed by atoms with van der Waals surface area (Å²) in [6, 6.07) is 13.0. The normalized spacial score (nSPS) is 11.6. The van der Waals surface area contributed by atoms with Crippen molar-refractivity contribution in [1.29, 1.82) is 0 Å². The number of hydrogen-bond acceptors (Lipinski definition) is 3. The molecule has 0 saturated heterocycles. The second-order valence-corrected chi connectivity index (χ2v) is 7.87. The first kappa shape index (κ1) is 19.7. The molecule has 148 valence electrons. The van der Waals surface area contributed by atoms with Crippen molar-refractivity contribution in [2.75, 3.05) is 11.9 Å². The van der Waals surface area contributed by atoms with Crippen LogP contribution in [0.3, 0.4) is 0 Å². The van der Waals surface area contributed by atoms with Crippen LogP contribution in [-0.2, 0) is 16.9 Å². The third-order valence-electron chi connectivity index (χ3n) is 4.47. The number of amides is 1. The average molecular weight is 381 g/mol. The van der Waals surface area contributed by atoms with E-state index in [1.807, 2.05) is 65.0 Å². The Kier molecular flexibility index (Phi) is 5.31. The van der Waals surface area contributed by atoms with Crippen molar-refractivity contribution in [3.05, 3.63) is 58.4 Å². The van der Waals surface area contributed by atoms with Gasteiger partial charge in [-0.15, -0.1) is 0 Å². The lowest BCUT2D eigenvalue weighted by Crippen LogP contribution is -2.38. The minimum absolute atomic E-state index is 0.0479. The minimum Gasteiger partial charge on any atom is -0.494 e. The largest absolute Gasteiger partial charge is 0.494 e. The van der Waals surface area contributed by atoms with Gasteiger partial charge in [0.15, 0.2) is 0 Å². The molecule has 0 aliphatic rings. The molecule has 0 spiro atoms. The van der Waals surface area contributed by atoms with E-state index >= 15 is 0 Å². The van der Waals surface area contributed by atoms with Crippen LogP contribution in [0.5, 0.6) is 5.75 Å². The van der Waals surface area contributed by atoms with Crippen molar-refractivity contribution in [2.45, 2.75) is 46.7 Å². The van der Waals surface area contributed by atoms with Crippen LogP contribution in [0.2, 0.25) is 0 Å². The summed E-state index contributed by atoms with van der Waals surface area (Å²) in [5.74, 6) is 0.563. The van der Waals surface area contributed by atoms with Gasteiger partial charge in [0.05, 0.1) is 23.0 Å². The van der Waals surface area contributed by atoms with Crippen molar-refractivity contribution in [3.63, 3.8) is 0 Å². The number of anilines is 1. The summed E-state index contributed by atoms with van der Waals surface area (Å²) in [5, 5.41) is 3.52. The minimum atomic E-state index is -0.455. The number of aromatic nitrogens is 2. The molecule has 0 bridgehead atoms. The summed E-state index contributed by atoms with van der Waals surface area (Å²) < 4.78 is 8.85. The Morgan fingerprint density at radius 3 is 2.39 bits per heavy atom. The van der Waals surface area contributed by atoms with Crippen LogP contribution in [0.1, 0.15) is 33.3 Å². The van der Waals surface area contributed by atoms with Crippen LogP contribution < -0.4 is 15.6 Å². The monoisotopic (exact) mass is 381 g/mol. The summed E-state index contributed by atoms with van der Waals surface area (Å²) >= 11 is 0. The molecule has 0 radical (unpaired) electrons. The lowest BCUT2D eigenvalue weighted by atomic mass is 10.1. The van der Waals surface area contributed by atoms with Crippen molar-refractivity contribution < 1.29 is 9.53 Å². The number of carbonyl (C=O) groups excluding carboxylic acids is 1. The molecule has 6 nitrogen and oxygen atoms in total. The Hall–Kier alpha value is -3.02. The Morgan fingerprint density at radius 1 is 1.11 bits per heavy atom. The van der Waals surface area contributed by atoms with E-state index in [0.717, 1.165) is 16.8 Å². The van der Waals surface area contributed by atoms with Gasteiger partial charge in [-0.1, -0.05) is 11.6 Å². The van der Waals surface area contributed by atoms with Gasteiger partial charge in [0, 0.05) is 5.69 Å². The summed E-state index contributed by atoms with van der Waals surface area (Å²) in [4.78, 5) is 25.7. The van der Waals surface area contributed by atoms with Gasteiger partial charge in [-0.25, -0.2) is 4.68 Å². The summed E-state index contributed by atoms with van der Waals surface area (Å²) in [6.45, 7) is 10.4. The van der Waals surface area contributed by atoms with Crippen molar-refractivity contribution in [2.24, 2.45) is 0 Å². The number of benzene rings is 2. The van der Waals surface area contributed by atoms with Crippen molar-refractivity contribution in [3.8, 4) is 5.75 Å². The van der Waals surface area contributed by atoms with Gasteiger partial charge in [-0.3, -0.25) is 14.3 Å². The predicted molar refractivity (Wildman–Crippen MR) is 112 cm³/mol. The van der Waals surface area contributed by atoms with E-state index in [0.29, 0.717) is 17.7 Å². The molecule has 0 aliphatic carbocycles. The Balaban J connectivity index is 1.92. The highest BCUT2D eigenvalue weighted by atomic mass is 16.5. The van der Waals surface area contributed by atoms with Crippen molar-refractivity contribution >= 4 is 22.5 Å². The number of nitrogens with one attached hydrogen (secondary N) is 1. The number of ether oxygens (including phenoxy) is 1. The highest BCUT2D eigenvalue weighted by Crippen LogP contribution is 2.20. The highest BCUT2D eigenvalue weighted by Gasteiger charge is 2.24. The number of hydrogen-bond donors (Lipinski definition) is 1. The number of fused-ring (bicyclic) bond motifs is 1. The first-order valence-corrected chi connectivity index (χ1v) is 9.46. The molecular formula is C22H27N3O3. The van der Waals surface area contributed by atoms with E-state index in [9.17, 15) is 9.59 Å². The van der Waals surface area contributed by atoms with E-state index in [2.05, 4.69) is 5.32 Å². The molecule has 0 saturated carbocycles. The molecule has 0 fully saturated rings. The van der Waals surface area contributed by atoms with E-state index in [4.69, 9.17) is 4.74 Å². The van der Waals surface area contributed by atoms with Gasteiger partial charge < -0.3 is 10.1 Å². The van der Waals surface area contributed by atoms with Crippen LogP contribution in [0, 0.1) is 6.92 Å². The molecule has 1 aromatic heterocycles. The lowest BCUT2D eigenvalue weighted by Gasteiger charge is -2.24. The average Bonchev–Trinajstić information content (AvgIpc) is 2.88. The summed E-state index contributed by atoms with van der Waals surface area (Å²) in [7, 11) is 0. The van der Waals surface area contributed by atoms with Crippen molar-refractivity contribution in [1.82, 2.24) is 9.36 Å². The summed E-state index contributed by atoms with van der Waals surface area (Å²) in [5.41, 5.74) is 1.92. The maximum Gasteiger partial charge on any atom is 0.275 e. The first-order chi connectivity index (χ1) is 13.2. The SMILES string of the molecule is CCOc1ccc(NC(=O)Cn2c3ccc(C)cc3c(=O)n2C(C)(C)C)cc1. The molecule has 0 aliphatic heterocycles. The molecule has 6 heteroatoms. The number of rotatable bonds is 5. The standard InChI is InChI=1S/C22H27N3O3/c1-6-28-17-10-8-16(9-11-17)23-20(26)14-24-19-12-7-15(2)13-18(19)21(27)25(24)22(3,4)5/h7-13H,6,14H2,1-5H3,(H,23,26). The molecule has 0 unspecified atom stereocenters. The molecule has 28 heavy (non-hydrogen) atoms.